The second-order valence-corrected chi connectivity index (χ2v) is 6.40. The van der Waals surface area contributed by atoms with Crippen LogP contribution < -0.4 is 9.64 Å². The molecule has 1 aromatic carbocycles. The van der Waals surface area contributed by atoms with Gasteiger partial charge in [0.15, 0.2) is 6.61 Å². The molecule has 128 valence electrons. The molecule has 1 aromatic heterocycles. The van der Waals surface area contributed by atoms with Gasteiger partial charge in [-0.15, -0.1) is 11.3 Å². The van der Waals surface area contributed by atoms with Gasteiger partial charge in [-0.05, 0) is 44.0 Å². The van der Waals surface area contributed by atoms with E-state index < -0.39 is 12.6 Å². The summed E-state index contributed by atoms with van der Waals surface area (Å²) >= 11 is 1.44. The molecule has 24 heavy (non-hydrogen) atoms. The maximum absolute atomic E-state index is 12.7. The Bertz CT molecular complexity index is 725. The molecule has 6 nitrogen and oxygen atoms in total. The Kier molecular flexibility index (Phi) is 5.92. The highest BCUT2D eigenvalue weighted by atomic mass is 32.1. The number of thiazole rings is 1. The number of nitrogens with zero attached hydrogens (tertiary/aromatic N) is 2. The van der Waals surface area contributed by atoms with Gasteiger partial charge in [0, 0.05) is 12.7 Å². The second-order valence-electron chi connectivity index (χ2n) is 5.31. The lowest BCUT2D eigenvalue weighted by molar-refractivity contribution is -0.139. The van der Waals surface area contributed by atoms with Crippen molar-refractivity contribution in [2.75, 3.05) is 18.6 Å². The first-order valence-electron chi connectivity index (χ1n) is 7.61. The first kappa shape index (κ1) is 17.9. The molecular formula is C17H20N2O4S. The zero-order valence-electron chi connectivity index (χ0n) is 13.9. The van der Waals surface area contributed by atoms with E-state index in [-0.39, 0.29) is 5.91 Å². The first-order valence-corrected chi connectivity index (χ1v) is 8.43. The number of carbonyl (C=O) groups excluding carboxylic acids is 1. The van der Waals surface area contributed by atoms with E-state index in [4.69, 9.17) is 9.84 Å². The van der Waals surface area contributed by atoms with E-state index in [2.05, 4.69) is 11.9 Å². The average Bonchev–Trinajstić information content (AvgIpc) is 2.93. The molecule has 2 rings (SSSR count). The molecule has 0 atom stereocenters. The standard InChI is InChI=1S/C17H20N2O4S/c1-4-5-14-18-11(2)16(24-14)17(22)19(3)12-6-8-13(9-7-12)23-10-15(20)21/h6-9H,4-5,10H2,1-3H3,(H,20,21). The highest BCUT2D eigenvalue weighted by Crippen LogP contribution is 2.25. The number of hydrogen-bond acceptors (Lipinski definition) is 5. The van der Waals surface area contributed by atoms with Crippen LogP contribution in [0.5, 0.6) is 5.75 Å². The van der Waals surface area contributed by atoms with Gasteiger partial charge < -0.3 is 14.7 Å². The number of aromatic nitrogens is 1. The number of benzene rings is 1. The van der Waals surface area contributed by atoms with Crippen LogP contribution in [0.25, 0.3) is 0 Å². The van der Waals surface area contributed by atoms with Crippen LogP contribution in [-0.4, -0.2) is 35.6 Å². The van der Waals surface area contributed by atoms with Crippen molar-refractivity contribution >= 4 is 28.9 Å². The highest BCUT2D eigenvalue weighted by molar-refractivity contribution is 7.13. The quantitative estimate of drug-likeness (QED) is 0.831. The predicted octanol–water partition coefficient (Wildman–Crippen LogP) is 3.14. The van der Waals surface area contributed by atoms with E-state index >= 15 is 0 Å². The second kappa shape index (κ2) is 7.92. The zero-order chi connectivity index (χ0) is 17.7. The third-order valence-corrected chi connectivity index (χ3v) is 4.60. The molecule has 0 bridgehead atoms. The average molecular weight is 348 g/mol. The monoisotopic (exact) mass is 348 g/mol. The Morgan fingerprint density at radius 1 is 1.29 bits per heavy atom. The van der Waals surface area contributed by atoms with Gasteiger partial charge in [-0.25, -0.2) is 9.78 Å². The Morgan fingerprint density at radius 3 is 2.54 bits per heavy atom. The largest absolute Gasteiger partial charge is 0.482 e. The van der Waals surface area contributed by atoms with Crippen LogP contribution in [0.3, 0.4) is 0 Å². The number of aliphatic carboxylic acids is 1. The van der Waals surface area contributed by atoms with Gasteiger partial charge in [0.2, 0.25) is 0 Å². The minimum absolute atomic E-state index is 0.105. The molecule has 0 aliphatic rings. The number of rotatable bonds is 7. The van der Waals surface area contributed by atoms with E-state index in [1.807, 2.05) is 6.92 Å². The van der Waals surface area contributed by atoms with Gasteiger partial charge in [-0.2, -0.15) is 0 Å². The Hall–Kier alpha value is -2.41. The third kappa shape index (κ3) is 4.32. The molecule has 0 radical (unpaired) electrons. The van der Waals surface area contributed by atoms with Crippen molar-refractivity contribution < 1.29 is 19.4 Å². The maximum atomic E-state index is 12.7. The fourth-order valence-corrected chi connectivity index (χ4v) is 3.29. The van der Waals surface area contributed by atoms with Crippen LogP contribution in [0, 0.1) is 6.92 Å². The van der Waals surface area contributed by atoms with Gasteiger partial charge in [0.1, 0.15) is 10.6 Å². The molecule has 1 amide bonds. The van der Waals surface area contributed by atoms with Crippen molar-refractivity contribution in [2.45, 2.75) is 26.7 Å². The van der Waals surface area contributed by atoms with Crippen LogP contribution in [0.1, 0.15) is 33.7 Å². The topological polar surface area (TPSA) is 79.7 Å². The SMILES string of the molecule is CCCc1nc(C)c(C(=O)N(C)c2ccc(OCC(=O)O)cc2)s1. The van der Waals surface area contributed by atoms with E-state index in [0.717, 1.165) is 23.5 Å². The Morgan fingerprint density at radius 2 is 1.96 bits per heavy atom. The lowest BCUT2D eigenvalue weighted by Gasteiger charge is -2.17. The van der Waals surface area contributed by atoms with Crippen LogP contribution in [-0.2, 0) is 11.2 Å². The summed E-state index contributed by atoms with van der Waals surface area (Å²) in [5.41, 5.74) is 1.45. The molecule has 0 fully saturated rings. The molecule has 1 N–H and O–H groups in total. The number of amides is 1. The van der Waals surface area contributed by atoms with Crippen molar-refractivity contribution in [1.82, 2.24) is 4.98 Å². The maximum Gasteiger partial charge on any atom is 0.341 e. The fraction of sp³-hybridized carbons (Fsp3) is 0.353. The lowest BCUT2D eigenvalue weighted by atomic mass is 10.2. The Balaban J connectivity index is 2.11. The van der Waals surface area contributed by atoms with Crippen LogP contribution in [0.2, 0.25) is 0 Å². The molecule has 2 aromatic rings. The molecule has 1 heterocycles. The predicted molar refractivity (Wildman–Crippen MR) is 93.2 cm³/mol. The van der Waals surface area contributed by atoms with Crippen molar-refractivity contribution in [3.63, 3.8) is 0 Å². The van der Waals surface area contributed by atoms with Crippen LogP contribution in [0.15, 0.2) is 24.3 Å². The summed E-state index contributed by atoms with van der Waals surface area (Å²) in [4.78, 5) is 29.8. The van der Waals surface area contributed by atoms with Crippen LogP contribution >= 0.6 is 11.3 Å². The summed E-state index contributed by atoms with van der Waals surface area (Å²) in [6, 6.07) is 6.73. The first-order chi connectivity index (χ1) is 11.4. The van der Waals surface area contributed by atoms with Gasteiger partial charge in [0.05, 0.1) is 10.7 Å². The summed E-state index contributed by atoms with van der Waals surface area (Å²) in [5.74, 6) is -0.692. The summed E-state index contributed by atoms with van der Waals surface area (Å²) in [6.45, 7) is 3.53. The summed E-state index contributed by atoms with van der Waals surface area (Å²) in [7, 11) is 1.70. The van der Waals surface area contributed by atoms with Gasteiger partial charge >= 0.3 is 5.97 Å². The highest BCUT2D eigenvalue weighted by Gasteiger charge is 2.20. The van der Waals surface area contributed by atoms with Gasteiger partial charge in [-0.1, -0.05) is 6.92 Å². The normalized spacial score (nSPS) is 10.5. The molecule has 0 unspecified atom stereocenters. The number of anilines is 1. The van der Waals surface area contributed by atoms with Crippen molar-refractivity contribution in [3.8, 4) is 5.75 Å². The number of carbonyl (C=O) groups is 2. The molecule has 0 saturated carbocycles. The van der Waals surface area contributed by atoms with E-state index in [1.165, 1.54) is 11.3 Å². The smallest absolute Gasteiger partial charge is 0.341 e. The molecular weight excluding hydrogens is 328 g/mol. The van der Waals surface area contributed by atoms with Crippen molar-refractivity contribution in [1.29, 1.82) is 0 Å². The number of ether oxygens (including phenoxy) is 1. The summed E-state index contributed by atoms with van der Waals surface area (Å²) in [6.07, 6.45) is 1.87. The van der Waals surface area contributed by atoms with Gasteiger partial charge in [0.25, 0.3) is 5.91 Å². The van der Waals surface area contributed by atoms with Gasteiger partial charge in [-0.3, -0.25) is 4.79 Å². The van der Waals surface area contributed by atoms with E-state index in [0.29, 0.717) is 16.3 Å². The van der Waals surface area contributed by atoms with Crippen LogP contribution in [0.4, 0.5) is 5.69 Å². The van der Waals surface area contributed by atoms with E-state index in [1.54, 1.807) is 36.2 Å². The van der Waals surface area contributed by atoms with Crippen molar-refractivity contribution in [2.24, 2.45) is 0 Å². The number of carboxylic acids is 1. The molecule has 0 aliphatic carbocycles. The number of hydrogen-bond donors (Lipinski definition) is 1. The summed E-state index contributed by atoms with van der Waals surface area (Å²) < 4.78 is 5.09. The zero-order valence-corrected chi connectivity index (χ0v) is 14.7. The minimum Gasteiger partial charge on any atom is -0.482 e. The van der Waals surface area contributed by atoms with E-state index in [9.17, 15) is 9.59 Å². The van der Waals surface area contributed by atoms with Crippen molar-refractivity contribution in [3.05, 3.63) is 39.8 Å². The minimum atomic E-state index is -1.03. The third-order valence-electron chi connectivity index (χ3n) is 3.39. The molecule has 0 aliphatic heterocycles. The molecule has 7 heteroatoms. The summed E-state index contributed by atoms with van der Waals surface area (Å²) in [5, 5.41) is 9.58. The number of aryl methyl sites for hydroxylation is 2. The lowest BCUT2D eigenvalue weighted by Crippen LogP contribution is -2.26. The molecule has 0 saturated heterocycles. The Labute approximate surface area is 144 Å². The fourth-order valence-electron chi connectivity index (χ4n) is 2.15. The number of carboxylic acid groups (broad SMARTS) is 1. The molecule has 0 spiro atoms.